The lowest BCUT2D eigenvalue weighted by Gasteiger charge is -2.36. The van der Waals surface area contributed by atoms with Gasteiger partial charge in [0.25, 0.3) is 0 Å². The smallest absolute Gasteiger partial charge is 0.410 e. The Kier molecular flexibility index (Phi) is 7.07. The van der Waals surface area contributed by atoms with Crippen molar-refractivity contribution in [2.75, 3.05) is 42.7 Å². The average Bonchev–Trinajstić information content (AvgIpc) is 3.31. The molecule has 198 valence electrons. The molecule has 0 radical (unpaired) electrons. The van der Waals surface area contributed by atoms with E-state index in [2.05, 4.69) is 32.4 Å². The molecule has 1 amide bonds. The van der Waals surface area contributed by atoms with Crippen LogP contribution in [0.2, 0.25) is 0 Å². The Bertz CT molecular complexity index is 1450. The number of pyridine rings is 1. The third kappa shape index (κ3) is 5.80. The lowest BCUT2D eigenvalue weighted by atomic mass is 10.1. The topological polar surface area (TPSA) is 92.1 Å². The molecule has 0 saturated carbocycles. The highest BCUT2D eigenvalue weighted by molar-refractivity contribution is 7.84. The second kappa shape index (κ2) is 10.4. The normalized spacial score (nSPS) is 14.9. The summed E-state index contributed by atoms with van der Waals surface area (Å²) >= 11 is 0. The predicted molar refractivity (Wildman–Crippen MR) is 151 cm³/mol. The minimum Gasteiger partial charge on any atom is -0.444 e. The van der Waals surface area contributed by atoms with Gasteiger partial charge in [0.2, 0.25) is 5.95 Å². The van der Waals surface area contributed by atoms with Gasteiger partial charge in [-0.05, 0) is 69.3 Å². The number of anilines is 3. The van der Waals surface area contributed by atoms with Crippen LogP contribution in [0.15, 0.2) is 71.6 Å². The summed E-state index contributed by atoms with van der Waals surface area (Å²) in [5.74, 6) is 0.502. The maximum Gasteiger partial charge on any atom is 0.410 e. The fraction of sp³-hybridized carbons (Fsp3) is 0.321. The lowest BCUT2D eigenvalue weighted by molar-refractivity contribution is 0.0240. The van der Waals surface area contributed by atoms with E-state index in [1.807, 2.05) is 75.4 Å². The van der Waals surface area contributed by atoms with Gasteiger partial charge in [-0.3, -0.25) is 4.21 Å². The maximum absolute atomic E-state index is 12.3. The second-order valence-corrected chi connectivity index (χ2v) is 11.6. The first kappa shape index (κ1) is 25.7. The van der Waals surface area contributed by atoms with Gasteiger partial charge in [0.1, 0.15) is 5.60 Å². The molecule has 1 atom stereocenters. The van der Waals surface area contributed by atoms with Crippen LogP contribution in [-0.2, 0) is 15.5 Å². The van der Waals surface area contributed by atoms with Gasteiger partial charge < -0.3 is 19.9 Å². The number of nitrogens with zero attached hydrogens (tertiary/aromatic N) is 5. The number of nitrogens with one attached hydrogen (secondary N) is 1. The number of fused-ring (bicyclic) bond motifs is 1. The van der Waals surface area contributed by atoms with Crippen molar-refractivity contribution in [3.05, 3.63) is 66.7 Å². The molecule has 3 heterocycles. The first-order valence-electron chi connectivity index (χ1n) is 12.6. The zero-order valence-electron chi connectivity index (χ0n) is 22.0. The van der Waals surface area contributed by atoms with Crippen molar-refractivity contribution in [3.63, 3.8) is 0 Å². The maximum atomic E-state index is 12.3. The molecule has 1 N–H and O–H groups in total. The minimum atomic E-state index is -1.02. The number of aromatic nitrogens is 3. The molecule has 10 heteroatoms. The Hall–Kier alpha value is -3.92. The van der Waals surface area contributed by atoms with E-state index in [-0.39, 0.29) is 6.09 Å². The highest BCUT2D eigenvalue weighted by atomic mass is 32.2. The largest absolute Gasteiger partial charge is 0.444 e. The summed E-state index contributed by atoms with van der Waals surface area (Å²) in [5.41, 5.74) is 4.09. The van der Waals surface area contributed by atoms with E-state index in [1.54, 1.807) is 15.7 Å². The second-order valence-electron chi connectivity index (χ2n) is 10.2. The van der Waals surface area contributed by atoms with Crippen molar-refractivity contribution in [2.24, 2.45) is 0 Å². The number of benzene rings is 2. The van der Waals surface area contributed by atoms with Crippen LogP contribution >= 0.6 is 0 Å². The van der Waals surface area contributed by atoms with E-state index in [0.717, 1.165) is 46.3 Å². The van der Waals surface area contributed by atoms with Crippen molar-refractivity contribution in [2.45, 2.75) is 31.3 Å². The monoisotopic (exact) mass is 532 g/mol. The number of piperazine rings is 1. The van der Waals surface area contributed by atoms with Crippen LogP contribution in [0.25, 0.3) is 16.9 Å². The summed E-state index contributed by atoms with van der Waals surface area (Å²) in [6.07, 6.45) is 1.42. The van der Waals surface area contributed by atoms with Crippen LogP contribution in [-0.4, -0.2) is 67.8 Å². The Morgan fingerprint density at radius 2 is 1.63 bits per heavy atom. The third-order valence-electron chi connectivity index (χ3n) is 6.26. The zero-order chi connectivity index (χ0) is 26.9. The summed E-state index contributed by atoms with van der Waals surface area (Å²) in [6.45, 7) is 8.40. The van der Waals surface area contributed by atoms with Gasteiger partial charge in [-0.2, -0.15) is 4.98 Å². The van der Waals surface area contributed by atoms with Gasteiger partial charge in [0.15, 0.2) is 5.65 Å². The molecule has 0 aliphatic carbocycles. The first-order valence-corrected chi connectivity index (χ1v) is 14.1. The molecule has 2 aromatic heterocycles. The lowest BCUT2D eigenvalue weighted by Crippen LogP contribution is -2.50. The predicted octanol–water partition coefficient (Wildman–Crippen LogP) is 4.93. The molecule has 9 nitrogen and oxygen atoms in total. The van der Waals surface area contributed by atoms with Gasteiger partial charge in [-0.1, -0.05) is 18.2 Å². The van der Waals surface area contributed by atoms with Crippen molar-refractivity contribution in [3.8, 4) is 11.3 Å². The Morgan fingerprint density at radius 3 is 2.26 bits per heavy atom. The number of hydrogen-bond acceptors (Lipinski definition) is 7. The summed E-state index contributed by atoms with van der Waals surface area (Å²) in [7, 11) is -1.02. The molecule has 1 aliphatic heterocycles. The Labute approximate surface area is 224 Å². The molecule has 2 aromatic carbocycles. The standard InChI is InChI=1S/C28H32N6O3S/c1-28(2,3)37-27(35)33-18-16-32(17-19-33)22-12-10-21(11-13-22)29-26-30-25-7-5-6-24(34(25)31-26)20-8-14-23(15-9-20)38(4)36/h5-15H,16-19H2,1-4H3,(H,29,31). The molecule has 0 bridgehead atoms. The fourth-order valence-corrected chi connectivity index (χ4v) is 4.87. The van der Waals surface area contributed by atoms with Crippen LogP contribution in [0.4, 0.5) is 22.1 Å². The first-order chi connectivity index (χ1) is 18.2. The summed E-state index contributed by atoms with van der Waals surface area (Å²) in [5, 5.41) is 7.98. The fourth-order valence-electron chi connectivity index (χ4n) is 4.35. The number of ether oxygens (including phenoxy) is 1. The van der Waals surface area contributed by atoms with Crippen molar-refractivity contribution in [1.82, 2.24) is 19.5 Å². The van der Waals surface area contributed by atoms with Gasteiger partial charge in [0.05, 0.1) is 5.69 Å². The highest BCUT2D eigenvalue weighted by Crippen LogP contribution is 2.25. The Morgan fingerprint density at radius 1 is 0.947 bits per heavy atom. The minimum absolute atomic E-state index is 0.255. The number of carbonyl (C=O) groups is 1. The summed E-state index contributed by atoms with van der Waals surface area (Å²) in [4.78, 5) is 21.8. The molecular weight excluding hydrogens is 500 g/mol. The molecule has 0 spiro atoms. The molecular formula is C28H32N6O3S. The summed E-state index contributed by atoms with van der Waals surface area (Å²) < 4.78 is 19.0. The Balaban J connectivity index is 1.25. The van der Waals surface area contributed by atoms with Crippen LogP contribution < -0.4 is 10.2 Å². The van der Waals surface area contributed by atoms with Crippen molar-refractivity contribution in [1.29, 1.82) is 0 Å². The van der Waals surface area contributed by atoms with Gasteiger partial charge in [-0.15, -0.1) is 5.10 Å². The molecule has 1 fully saturated rings. The molecule has 38 heavy (non-hydrogen) atoms. The number of carbonyl (C=O) groups excluding carboxylic acids is 1. The van der Waals surface area contributed by atoms with Gasteiger partial charge >= 0.3 is 6.09 Å². The van der Waals surface area contributed by atoms with E-state index in [9.17, 15) is 9.00 Å². The zero-order valence-corrected chi connectivity index (χ0v) is 22.9. The van der Waals surface area contributed by atoms with Crippen molar-refractivity contribution >= 4 is 39.9 Å². The van der Waals surface area contributed by atoms with Crippen molar-refractivity contribution < 1.29 is 13.7 Å². The van der Waals surface area contributed by atoms with Crippen LogP contribution in [0, 0.1) is 0 Å². The molecule has 4 aromatic rings. The summed E-state index contributed by atoms with van der Waals surface area (Å²) in [6, 6.07) is 21.6. The van der Waals surface area contributed by atoms with Crippen LogP contribution in [0.1, 0.15) is 20.8 Å². The van der Waals surface area contributed by atoms with Crippen LogP contribution in [0.3, 0.4) is 0 Å². The van der Waals surface area contributed by atoms with E-state index in [1.165, 1.54) is 0 Å². The molecule has 1 unspecified atom stereocenters. The van der Waals surface area contributed by atoms with E-state index in [0.29, 0.717) is 19.0 Å². The molecule has 5 rings (SSSR count). The number of hydrogen-bond donors (Lipinski definition) is 1. The SMILES string of the molecule is CS(=O)c1ccc(-c2cccc3nc(Nc4ccc(N5CCN(C(=O)OC(C)(C)C)CC5)cc4)nn23)cc1. The van der Waals surface area contributed by atoms with E-state index >= 15 is 0 Å². The van der Waals surface area contributed by atoms with E-state index in [4.69, 9.17) is 4.74 Å². The third-order valence-corrected chi connectivity index (χ3v) is 7.20. The number of amides is 1. The van der Waals surface area contributed by atoms with E-state index < -0.39 is 16.4 Å². The van der Waals surface area contributed by atoms with Gasteiger partial charge in [0, 0.05) is 65.1 Å². The average molecular weight is 533 g/mol. The number of rotatable bonds is 5. The van der Waals surface area contributed by atoms with Crippen LogP contribution in [0.5, 0.6) is 0 Å². The molecule has 1 aliphatic rings. The molecule has 1 saturated heterocycles. The highest BCUT2D eigenvalue weighted by Gasteiger charge is 2.26. The quantitative estimate of drug-likeness (QED) is 0.389. The van der Waals surface area contributed by atoms with Gasteiger partial charge in [-0.25, -0.2) is 9.31 Å².